The summed E-state index contributed by atoms with van der Waals surface area (Å²) in [6.45, 7) is 4.05. The summed E-state index contributed by atoms with van der Waals surface area (Å²) in [5.74, 6) is -0.0350. The fraction of sp³-hybridized carbons (Fsp3) is 0.176. The first-order valence-corrected chi connectivity index (χ1v) is 8.77. The molecule has 3 rings (SSSR count). The fourth-order valence-corrected chi connectivity index (χ4v) is 3.86. The highest BCUT2D eigenvalue weighted by molar-refractivity contribution is 7.14. The van der Waals surface area contributed by atoms with Crippen LogP contribution in [0.15, 0.2) is 40.4 Å². The quantitative estimate of drug-likeness (QED) is 0.756. The topological polar surface area (TPSA) is 42.0 Å². The maximum absolute atomic E-state index is 12.2. The van der Waals surface area contributed by atoms with Crippen LogP contribution < -0.4 is 5.32 Å². The van der Waals surface area contributed by atoms with Crippen molar-refractivity contribution in [3.05, 3.63) is 57.2 Å². The van der Waals surface area contributed by atoms with E-state index in [1.165, 1.54) is 0 Å². The molecule has 0 bridgehead atoms. The van der Waals surface area contributed by atoms with E-state index in [1.807, 2.05) is 42.8 Å². The second kappa shape index (κ2) is 6.42. The monoisotopic (exact) mass is 328 g/mol. The van der Waals surface area contributed by atoms with Crippen molar-refractivity contribution in [1.29, 1.82) is 0 Å². The predicted molar refractivity (Wildman–Crippen MR) is 93.7 cm³/mol. The SMILES string of the molecule is Cc1cc(C)cc(NC(=O)Cc2csc(-c3ccsc3)n2)c1. The van der Waals surface area contributed by atoms with E-state index in [9.17, 15) is 4.79 Å². The van der Waals surface area contributed by atoms with E-state index in [-0.39, 0.29) is 5.91 Å². The maximum atomic E-state index is 12.2. The fourth-order valence-electron chi connectivity index (χ4n) is 2.32. The Morgan fingerprint density at radius 2 is 1.95 bits per heavy atom. The average Bonchev–Trinajstić information content (AvgIpc) is 3.07. The molecule has 3 aromatic rings. The van der Waals surface area contributed by atoms with Gasteiger partial charge in [-0.15, -0.1) is 11.3 Å². The molecular weight excluding hydrogens is 312 g/mol. The number of rotatable bonds is 4. The Morgan fingerprint density at radius 3 is 2.64 bits per heavy atom. The standard InChI is InChI=1S/C17H16N2OS2/c1-11-5-12(2)7-14(6-11)18-16(20)8-15-10-22-17(19-15)13-3-4-21-9-13/h3-7,9-10H,8H2,1-2H3,(H,18,20). The van der Waals surface area contributed by atoms with Gasteiger partial charge in [0, 0.05) is 22.0 Å². The van der Waals surface area contributed by atoms with Gasteiger partial charge in [-0.3, -0.25) is 4.79 Å². The molecule has 1 amide bonds. The molecule has 0 fully saturated rings. The van der Waals surface area contributed by atoms with Gasteiger partial charge in [0.05, 0.1) is 12.1 Å². The summed E-state index contributed by atoms with van der Waals surface area (Å²) in [7, 11) is 0. The molecule has 0 aliphatic rings. The Kier molecular flexibility index (Phi) is 4.36. The first kappa shape index (κ1) is 14.9. The van der Waals surface area contributed by atoms with E-state index < -0.39 is 0 Å². The van der Waals surface area contributed by atoms with E-state index in [0.29, 0.717) is 6.42 Å². The minimum Gasteiger partial charge on any atom is -0.326 e. The third-order valence-corrected chi connectivity index (χ3v) is 4.79. The summed E-state index contributed by atoms with van der Waals surface area (Å²) in [4.78, 5) is 16.7. The number of carbonyl (C=O) groups excluding carboxylic acids is 1. The maximum Gasteiger partial charge on any atom is 0.230 e. The summed E-state index contributed by atoms with van der Waals surface area (Å²) < 4.78 is 0. The zero-order valence-corrected chi connectivity index (χ0v) is 14.1. The zero-order chi connectivity index (χ0) is 15.5. The van der Waals surface area contributed by atoms with Crippen LogP contribution in [0.1, 0.15) is 16.8 Å². The molecule has 0 aliphatic heterocycles. The number of aryl methyl sites for hydroxylation is 2. The van der Waals surface area contributed by atoms with Crippen LogP contribution in [-0.4, -0.2) is 10.9 Å². The Hall–Kier alpha value is -1.98. The minimum atomic E-state index is -0.0350. The van der Waals surface area contributed by atoms with Crippen LogP contribution in [0.25, 0.3) is 10.6 Å². The van der Waals surface area contributed by atoms with Gasteiger partial charge >= 0.3 is 0 Å². The van der Waals surface area contributed by atoms with E-state index in [1.54, 1.807) is 22.7 Å². The van der Waals surface area contributed by atoms with Crippen molar-refractivity contribution in [3.63, 3.8) is 0 Å². The lowest BCUT2D eigenvalue weighted by Crippen LogP contribution is -2.14. The Morgan fingerprint density at radius 1 is 1.18 bits per heavy atom. The van der Waals surface area contributed by atoms with Crippen molar-refractivity contribution < 1.29 is 4.79 Å². The van der Waals surface area contributed by atoms with Crippen LogP contribution in [-0.2, 0) is 11.2 Å². The lowest BCUT2D eigenvalue weighted by Gasteiger charge is -2.06. The smallest absolute Gasteiger partial charge is 0.230 e. The van der Waals surface area contributed by atoms with Crippen LogP contribution >= 0.6 is 22.7 Å². The summed E-state index contributed by atoms with van der Waals surface area (Å²) in [5, 5.41) is 9.96. The highest BCUT2D eigenvalue weighted by atomic mass is 32.1. The lowest BCUT2D eigenvalue weighted by atomic mass is 10.1. The molecule has 5 heteroatoms. The number of hydrogen-bond donors (Lipinski definition) is 1. The largest absolute Gasteiger partial charge is 0.326 e. The molecule has 0 aliphatic carbocycles. The van der Waals surface area contributed by atoms with Gasteiger partial charge < -0.3 is 5.32 Å². The summed E-state index contributed by atoms with van der Waals surface area (Å²) in [5.41, 5.74) is 5.06. The van der Waals surface area contributed by atoms with Crippen molar-refractivity contribution in [2.24, 2.45) is 0 Å². The van der Waals surface area contributed by atoms with Crippen molar-refractivity contribution in [1.82, 2.24) is 4.98 Å². The van der Waals surface area contributed by atoms with Crippen molar-refractivity contribution >= 4 is 34.3 Å². The number of amides is 1. The highest BCUT2D eigenvalue weighted by Crippen LogP contribution is 2.26. The molecule has 2 aromatic heterocycles. The van der Waals surface area contributed by atoms with Gasteiger partial charge in [0.25, 0.3) is 0 Å². The summed E-state index contributed by atoms with van der Waals surface area (Å²) >= 11 is 3.23. The van der Waals surface area contributed by atoms with Gasteiger partial charge in [-0.25, -0.2) is 4.98 Å². The molecule has 0 spiro atoms. The Balaban J connectivity index is 1.67. The van der Waals surface area contributed by atoms with Crippen molar-refractivity contribution in [2.75, 3.05) is 5.32 Å². The number of hydrogen-bond acceptors (Lipinski definition) is 4. The molecule has 0 radical (unpaired) electrons. The molecule has 0 saturated carbocycles. The van der Waals surface area contributed by atoms with E-state index in [2.05, 4.69) is 21.7 Å². The highest BCUT2D eigenvalue weighted by Gasteiger charge is 2.10. The number of nitrogens with one attached hydrogen (secondary N) is 1. The van der Waals surface area contributed by atoms with Gasteiger partial charge in [0.2, 0.25) is 5.91 Å². The van der Waals surface area contributed by atoms with Gasteiger partial charge in [-0.2, -0.15) is 11.3 Å². The Labute approximate surface area is 137 Å². The van der Waals surface area contributed by atoms with Gasteiger partial charge in [-0.05, 0) is 48.6 Å². The van der Waals surface area contributed by atoms with Gasteiger partial charge in [0.1, 0.15) is 5.01 Å². The van der Waals surface area contributed by atoms with Crippen LogP contribution in [0.2, 0.25) is 0 Å². The lowest BCUT2D eigenvalue weighted by molar-refractivity contribution is -0.115. The van der Waals surface area contributed by atoms with Gasteiger partial charge in [0.15, 0.2) is 0 Å². The summed E-state index contributed by atoms with van der Waals surface area (Å²) in [6.07, 6.45) is 0.299. The van der Waals surface area contributed by atoms with E-state index in [0.717, 1.165) is 33.1 Å². The molecule has 0 unspecified atom stereocenters. The van der Waals surface area contributed by atoms with Crippen LogP contribution in [0.4, 0.5) is 5.69 Å². The number of nitrogens with zero attached hydrogens (tertiary/aromatic N) is 1. The van der Waals surface area contributed by atoms with E-state index >= 15 is 0 Å². The van der Waals surface area contributed by atoms with Crippen molar-refractivity contribution in [3.8, 4) is 10.6 Å². The summed E-state index contributed by atoms with van der Waals surface area (Å²) in [6, 6.07) is 8.08. The number of benzene rings is 1. The van der Waals surface area contributed by atoms with Crippen LogP contribution in [0.3, 0.4) is 0 Å². The number of aromatic nitrogens is 1. The number of carbonyl (C=O) groups is 1. The average molecular weight is 328 g/mol. The second-order valence-corrected chi connectivity index (χ2v) is 6.90. The van der Waals surface area contributed by atoms with Gasteiger partial charge in [-0.1, -0.05) is 6.07 Å². The number of thiophene rings is 1. The first-order valence-electron chi connectivity index (χ1n) is 6.95. The molecule has 3 nitrogen and oxygen atoms in total. The third-order valence-electron chi connectivity index (χ3n) is 3.17. The van der Waals surface area contributed by atoms with Crippen molar-refractivity contribution in [2.45, 2.75) is 20.3 Å². The third kappa shape index (κ3) is 3.61. The second-order valence-electron chi connectivity index (χ2n) is 5.26. The number of anilines is 1. The Bertz CT molecular complexity index is 771. The first-order chi connectivity index (χ1) is 10.6. The zero-order valence-electron chi connectivity index (χ0n) is 12.4. The molecule has 112 valence electrons. The minimum absolute atomic E-state index is 0.0350. The van der Waals surface area contributed by atoms with E-state index in [4.69, 9.17) is 0 Å². The molecular formula is C17H16N2OS2. The molecule has 0 atom stereocenters. The molecule has 2 heterocycles. The predicted octanol–water partition coefficient (Wildman–Crippen LogP) is 4.67. The normalized spacial score (nSPS) is 10.6. The van der Waals surface area contributed by atoms with Crippen LogP contribution in [0.5, 0.6) is 0 Å². The molecule has 22 heavy (non-hydrogen) atoms. The van der Waals surface area contributed by atoms with Crippen LogP contribution in [0, 0.1) is 13.8 Å². The molecule has 1 N–H and O–H groups in total. The molecule has 1 aromatic carbocycles. The molecule has 0 saturated heterocycles. The number of thiazole rings is 1.